The van der Waals surface area contributed by atoms with Crippen molar-refractivity contribution in [3.05, 3.63) is 58.3 Å². The molecule has 1 atom stereocenters. The molecule has 0 saturated carbocycles. The fourth-order valence-electron chi connectivity index (χ4n) is 3.03. The molecule has 1 aliphatic heterocycles. The van der Waals surface area contributed by atoms with Crippen LogP contribution in [0.15, 0.2) is 46.9 Å². The summed E-state index contributed by atoms with van der Waals surface area (Å²) in [4.78, 5) is 16.3. The number of ether oxygens (including phenoxy) is 1. The van der Waals surface area contributed by atoms with Gasteiger partial charge in [0.1, 0.15) is 17.7 Å². The van der Waals surface area contributed by atoms with Crippen LogP contribution < -0.4 is 9.64 Å². The lowest BCUT2D eigenvalue weighted by Gasteiger charge is -2.37. The highest BCUT2D eigenvalue weighted by molar-refractivity contribution is 9.10. The van der Waals surface area contributed by atoms with Crippen molar-refractivity contribution in [2.24, 2.45) is 0 Å². The lowest BCUT2D eigenvalue weighted by Crippen LogP contribution is -2.46. The molecule has 0 aliphatic carbocycles. The highest BCUT2D eigenvalue weighted by atomic mass is 79.9. The lowest BCUT2D eigenvalue weighted by atomic mass is 10.1. The summed E-state index contributed by atoms with van der Waals surface area (Å²) < 4.78 is 20.7. The number of benzene rings is 2. The van der Waals surface area contributed by atoms with Gasteiger partial charge in [-0.25, -0.2) is 4.39 Å². The van der Waals surface area contributed by atoms with Crippen LogP contribution in [0.1, 0.15) is 17.3 Å². The van der Waals surface area contributed by atoms with Gasteiger partial charge in [-0.2, -0.15) is 0 Å². The Balaban J connectivity index is 1.73. The molecule has 25 heavy (non-hydrogen) atoms. The first-order chi connectivity index (χ1) is 12.0. The molecule has 2 aromatic carbocycles. The fraction of sp³-hybridized carbons (Fsp3) is 0.316. The molecule has 0 bridgehead atoms. The van der Waals surface area contributed by atoms with Crippen LogP contribution in [0.4, 0.5) is 10.1 Å². The van der Waals surface area contributed by atoms with Crippen molar-refractivity contribution in [2.45, 2.75) is 13.0 Å². The van der Waals surface area contributed by atoms with Crippen LogP contribution >= 0.6 is 15.9 Å². The quantitative estimate of drug-likeness (QED) is 0.770. The predicted molar refractivity (Wildman–Crippen MR) is 99.8 cm³/mol. The van der Waals surface area contributed by atoms with E-state index in [4.69, 9.17) is 4.74 Å². The summed E-state index contributed by atoms with van der Waals surface area (Å²) in [6.07, 6.45) is -0.165. The standard InChI is InChI=1S/C19H20BrFN2O2/c1-3-23-12-14(25-18-7-5-4-6-17(18)23)11-22(2)19(24)15-9-8-13(20)10-16(15)21/h4-10,14H,3,11-12H2,1-2H3. The molecule has 3 rings (SSSR count). The molecular weight excluding hydrogens is 387 g/mol. The highest BCUT2D eigenvalue weighted by Crippen LogP contribution is 2.33. The molecule has 0 radical (unpaired) electrons. The molecule has 0 fully saturated rings. The Morgan fingerprint density at radius 3 is 2.84 bits per heavy atom. The number of carbonyl (C=O) groups is 1. The van der Waals surface area contributed by atoms with Crippen molar-refractivity contribution in [1.82, 2.24) is 4.90 Å². The van der Waals surface area contributed by atoms with E-state index >= 15 is 0 Å². The number of carbonyl (C=O) groups excluding carboxylic acids is 1. The molecule has 0 spiro atoms. The van der Waals surface area contributed by atoms with E-state index in [9.17, 15) is 9.18 Å². The average molecular weight is 407 g/mol. The van der Waals surface area contributed by atoms with E-state index in [1.165, 1.54) is 17.0 Å². The third kappa shape index (κ3) is 3.79. The van der Waals surface area contributed by atoms with E-state index < -0.39 is 5.82 Å². The van der Waals surface area contributed by atoms with Crippen LogP contribution in [0, 0.1) is 5.82 Å². The topological polar surface area (TPSA) is 32.8 Å². The third-order valence-corrected chi connectivity index (χ3v) is 4.78. The molecule has 1 amide bonds. The second-order valence-electron chi connectivity index (χ2n) is 6.06. The Morgan fingerprint density at radius 2 is 2.12 bits per heavy atom. The number of para-hydroxylation sites is 2. The van der Waals surface area contributed by atoms with Gasteiger partial charge in [0.25, 0.3) is 5.91 Å². The number of hydrogen-bond acceptors (Lipinski definition) is 3. The van der Waals surface area contributed by atoms with Gasteiger partial charge in [-0.1, -0.05) is 28.1 Å². The van der Waals surface area contributed by atoms with Crippen LogP contribution in [-0.4, -0.2) is 43.6 Å². The number of amides is 1. The third-order valence-electron chi connectivity index (χ3n) is 4.29. The van der Waals surface area contributed by atoms with Crippen molar-refractivity contribution in [1.29, 1.82) is 0 Å². The van der Waals surface area contributed by atoms with Crippen molar-refractivity contribution in [3.63, 3.8) is 0 Å². The highest BCUT2D eigenvalue weighted by Gasteiger charge is 2.27. The lowest BCUT2D eigenvalue weighted by molar-refractivity contribution is 0.0705. The minimum absolute atomic E-state index is 0.0641. The first-order valence-electron chi connectivity index (χ1n) is 8.20. The maximum Gasteiger partial charge on any atom is 0.256 e. The van der Waals surface area contributed by atoms with Gasteiger partial charge in [0.05, 0.1) is 24.3 Å². The van der Waals surface area contributed by atoms with E-state index in [2.05, 4.69) is 27.8 Å². The zero-order valence-electron chi connectivity index (χ0n) is 14.2. The molecule has 132 valence electrons. The Kier molecular flexibility index (Phi) is 5.27. The van der Waals surface area contributed by atoms with E-state index in [-0.39, 0.29) is 17.6 Å². The second-order valence-corrected chi connectivity index (χ2v) is 6.97. The van der Waals surface area contributed by atoms with Gasteiger partial charge in [0, 0.05) is 18.1 Å². The van der Waals surface area contributed by atoms with Crippen LogP contribution in [0.3, 0.4) is 0 Å². The summed E-state index contributed by atoms with van der Waals surface area (Å²) in [6, 6.07) is 12.3. The Bertz CT molecular complexity index is 784. The number of likely N-dealkylation sites (N-methyl/N-ethyl adjacent to an activating group) is 2. The molecule has 4 nitrogen and oxygen atoms in total. The van der Waals surface area contributed by atoms with Crippen LogP contribution in [0.5, 0.6) is 5.75 Å². The summed E-state index contributed by atoms with van der Waals surface area (Å²) in [5.74, 6) is -0.0666. The average Bonchev–Trinajstić information content (AvgIpc) is 2.60. The fourth-order valence-corrected chi connectivity index (χ4v) is 3.36. The Hall–Kier alpha value is -2.08. The number of rotatable bonds is 4. The van der Waals surface area contributed by atoms with E-state index in [0.29, 0.717) is 17.6 Å². The molecule has 0 saturated heterocycles. The van der Waals surface area contributed by atoms with Crippen molar-refractivity contribution in [2.75, 3.05) is 31.6 Å². The molecule has 0 N–H and O–H groups in total. The molecule has 6 heteroatoms. The van der Waals surface area contributed by atoms with E-state index in [1.807, 2.05) is 24.3 Å². The summed E-state index contributed by atoms with van der Waals surface area (Å²) in [5.41, 5.74) is 1.13. The molecule has 1 aliphatic rings. The maximum absolute atomic E-state index is 14.0. The zero-order chi connectivity index (χ0) is 18.0. The van der Waals surface area contributed by atoms with Crippen molar-refractivity contribution < 1.29 is 13.9 Å². The van der Waals surface area contributed by atoms with Gasteiger partial charge < -0.3 is 14.5 Å². The van der Waals surface area contributed by atoms with Gasteiger partial charge >= 0.3 is 0 Å². The molecular formula is C19H20BrFN2O2. The monoisotopic (exact) mass is 406 g/mol. The normalized spacial score (nSPS) is 16.2. The first kappa shape index (κ1) is 17.7. The predicted octanol–water partition coefficient (Wildman–Crippen LogP) is 3.95. The Labute approximate surface area is 155 Å². The Morgan fingerprint density at radius 1 is 1.36 bits per heavy atom. The molecule has 1 heterocycles. The largest absolute Gasteiger partial charge is 0.485 e. The first-order valence-corrected chi connectivity index (χ1v) is 9.00. The van der Waals surface area contributed by atoms with Crippen LogP contribution in [-0.2, 0) is 0 Å². The number of hydrogen-bond donors (Lipinski definition) is 0. The number of anilines is 1. The van der Waals surface area contributed by atoms with Gasteiger partial charge in [-0.15, -0.1) is 0 Å². The minimum atomic E-state index is -0.531. The number of halogens is 2. The second kappa shape index (κ2) is 7.44. The molecule has 1 unspecified atom stereocenters. The van der Waals surface area contributed by atoms with E-state index in [0.717, 1.165) is 18.0 Å². The summed E-state index contributed by atoms with van der Waals surface area (Å²) in [5, 5.41) is 0. The van der Waals surface area contributed by atoms with Gasteiger partial charge in [0.15, 0.2) is 0 Å². The summed E-state index contributed by atoms with van der Waals surface area (Å²) >= 11 is 3.20. The summed E-state index contributed by atoms with van der Waals surface area (Å²) in [7, 11) is 1.67. The van der Waals surface area contributed by atoms with Crippen LogP contribution in [0.2, 0.25) is 0 Å². The summed E-state index contributed by atoms with van der Waals surface area (Å²) in [6.45, 7) is 4.02. The van der Waals surface area contributed by atoms with Crippen molar-refractivity contribution in [3.8, 4) is 5.75 Å². The molecule has 0 aromatic heterocycles. The minimum Gasteiger partial charge on any atom is -0.485 e. The molecule has 2 aromatic rings. The van der Waals surface area contributed by atoms with Gasteiger partial charge in [-0.05, 0) is 37.3 Å². The smallest absolute Gasteiger partial charge is 0.256 e. The SMILES string of the molecule is CCN1CC(CN(C)C(=O)c2ccc(Br)cc2F)Oc2ccccc21. The number of fused-ring (bicyclic) bond motifs is 1. The maximum atomic E-state index is 14.0. The van der Waals surface area contributed by atoms with Gasteiger partial charge in [-0.3, -0.25) is 4.79 Å². The number of nitrogens with zero attached hydrogens (tertiary/aromatic N) is 2. The van der Waals surface area contributed by atoms with Gasteiger partial charge in [0.2, 0.25) is 0 Å². The zero-order valence-corrected chi connectivity index (χ0v) is 15.8. The van der Waals surface area contributed by atoms with Crippen molar-refractivity contribution >= 4 is 27.5 Å². The van der Waals surface area contributed by atoms with E-state index in [1.54, 1.807) is 13.1 Å². The van der Waals surface area contributed by atoms with Crippen LogP contribution in [0.25, 0.3) is 0 Å².